The first-order valence-electron chi connectivity index (χ1n) is 8.56. The number of carbonyl (C=O) groups excluding carboxylic acids is 3. The maximum Gasteiger partial charge on any atom is 0.329 e. The van der Waals surface area contributed by atoms with E-state index in [1.165, 1.54) is 6.92 Å². The largest absolute Gasteiger partial charge is 0.484 e. The molecular weight excluding hydrogens is 352 g/mol. The van der Waals surface area contributed by atoms with E-state index in [0.29, 0.717) is 18.6 Å². The summed E-state index contributed by atoms with van der Waals surface area (Å²) < 4.78 is 10.7. The van der Waals surface area contributed by atoms with Crippen LogP contribution >= 0.6 is 0 Å². The topological polar surface area (TPSA) is 98.1 Å². The second kappa shape index (κ2) is 8.39. The van der Waals surface area contributed by atoms with Crippen molar-refractivity contribution in [3.05, 3.63) is 54.5 Å². The Hall–Kier alpha value is -3.29. The molecular formula is C19H20N2O6. The summed E-state index contributed by atoms with van der Waals surface area (Å²) >= 11 is 0. The highest BCUT2D eigenvalue weighted by molar-refractivity contribution is 5.93. The van der Waals surface area contributed by atoms with E-state index in [1.807, 2.05) is 12.1 Å². The molecule has 1 saturated heterocycles. The molecule has 142 valence electrons. The lowest BCUT2D eigenvalue weighted by molar-refractivity contribution is -0.231. The molecule has 0 saturated carbocycles. The molecule has 1 aromatic carbocycles. The third kappa shape index (κ3) is 4.66. The van der Waals surface area contributed by atoms with Gasteiger partial charge in [-0.3, -0.25) is 14.4 Å². The molecule has 3 rings (SSSR count). The summed E-state index contributed by atoms with van der Waals surface area (Å²) in [5, 5.41) is 3.65. The van der Waals surface area contributed by atoms with Gasteiger partial charge in [-0.25, -0.2) is 0 Å². The molecule has 0 aliphatic carbocycles. The molecule has 27 heavy (non-hydrogen) atoms. The summed E-state index contributed by atoms with van der Waals surface area (Å²) in [4.78, 5) is 40.6. The molecule has 8 nitrogen and oxygen atoms in total. The van der Waals surface area contributed by atoms with Crippen LogP contribution in [-0.4, -0.2) is 41.5 Å². The van der Waals surface area contributed by atoms with Gasteiger partial charge in [0.05, 0.1) is 6.26 Å². The van der Waals surface area contributed by atoms with Gasteiger partial charge >= 0.3 is 5.97 Å². The molecule has 1 aliphatic rings. The second-order valence-electron chi connectivity index (χ2n) is 6.08. The summed E-state index contributed by atoms with van der Waals surface area (Å²) in [6.45, 7) is 1.00. The zero-order valence-electron chi connectivity index (χ0n) is 14.8. The Bertz CT molecular complexity index is 790. The lowest BCUT2D eigenvalue weighted by Crippen LogP contribution is -2.71. The van der Waals surface area contributed by atoms with Crippen LogP contribution < -0.4 is 10.1 Å². The number of rotatable bonds is 8. The molecule has 2 atom stereocenters. The minimum Gasteiger partial charge on any atom is -0.484 e. The molecule has 1 aliphatic heterocycles. The Labute approximate surface area is 156 Å². The van der Waals surface area contributed by atoms with Crippen LogP contribution in [0.3, 0.4) is 0 Å². The van der Waals surface area contributed by atoms with Crippen molar-refractivity contribution < 1.29 is 28.4 Å². The average molecular weight is 372 g/mol. The van der Waals surface area contributed by atoms with E-state index < -0.39 is 29.9 Å². The Morgan fingerprint density at radius 2 is 1.96 bits per heavy atom. The third-order valence-electron chi connectivity index (χ3n) is 4.09. The maximum atomic E-state index is 12.2. The number of nitrogens with one attached hydrogen (secondary N) is 1. The normalized spacial score (nSPS) is 18.6. The molecule has 0 bridgehead atoms. The van der Waals surface area contributed by atoms with Crippen molar-refractivity contribution in [3.63, 3.8) is 0 Å². The zero-order chi connectivity index (χ0) is 19.2. The lowest BCUT2D eigenvalue weighted by atomic mass is 9.93. The summed E-state index contributed by atoms with van der Waals surface area (Å²) in [6, 6.07) is 11.2. The van der Waals surface area contributed by atoms with Crippen molar-refractivity contribution in [2.24, 2.45) is 0 Å². The smallest absolute Gasteiger partial charge is 0.329 e. The number of para-hydroxylation sites is 1. The number of β-lactam (4-membered cyclic amide) rings is 1. The number of hydroxylamine groups is 2. The fourth-order valence-corrected chi connectivity index (χ4v) is 2.84. The Balaban J connectivity index is 1.56. The molecule has 2 amide bonds. The van der Waals surface area contributed by atoms with Gasteiger partial charge in [0.2, 0.25) is 0 Å². The van der Waals surface area contributed by atoms with E-state index in [0.717, 1.165) is 10.8 Å². The maximum absolute atomic E-state index is 12.2. The van der Waals surface area contributed by atoms with Gasteiger partial charge in [0.25, 0.3) is 11.8 Å². The SMILES string of the molecule is CC(=O)ON1C(=O)C(NC(=O)COc2ccccc2)C1CCc1ccco1. The number of carbonyl (C=O) groups is 3. The molecule has 8 heteroatoms. The molecule has 1 aromatic heterocycles. The van der Waals surface area contributed by atoms with Crippen molar-refractivity contribution in [1.82, 2.24) is 10.4 Å². The summed E-state index contributed by atoms with van der Waals surface area (Å²) in [5.74, 6) is -0.188. The van der Waals surface area contributed by atoms with Gasteiger partial charge in [-0.1, -0.05) is 18.2 Å². The first-order valence-corrected chi connectivity index (χ1v) is 8.56. The van der Waals surface area contributed by atoms with Crippen LogP contribution in [0.15, 0.2) is 53.1 Å². The van der Waals surface area contributed by atoms with Gasteiger partial charge in [0, 0.05) is 13.3 Å². The molecule has 0 spiro atoms. The van der Waals surface area contributed by atoms with E-state index in [9.17, 15) is 14.4 Å². The third-order valence-corrected chi connectivity index (χ3v) is 4.09. The average Bonchev–Trinajstić information content (AvgIpc) is 3.18. The number of amides is 2. The van der Waals surface area contributed by atoms with Crippen molar-refractivity contribution in [3.8, 4) is 5.75 Å². The van der Waals surface area contributed by atoms with Gasteiger partial charge < -0.3 is 19.3 Å². The van der Waals surface area contributed by atoms with Crippen LogP contribution in [0.5, 0.6) is 5.75 Å². The van der Waals surface area contributed by atoms with Crippen LogP contribution in [0, 0.1) is 0 Å². The number of aryl methyl sites for hydroxylation is 1. The highest BCUT2D eigenvalue weighted by Gasteiger charge is 2.50. The van der Waals surface area contributed by atoms with Crippen LogP contribution in [0.2, 0.25) is 0 Å². The first kappa shape index (κ1) is 18.5. The standard InChI is InChI=1S/C19H20N2O6/c1-13(22)27-21-16(10-9-15-8-5-11-25-15)18(19(21)24)20-17(23)12-26-14-6-3-2-4-7-14/h2-8,11,16,18H,9-10,12H2,1H3,(H,20,23). The molecule has 0 radical (unpaired) electrons. The fraction of sp³-hybridized carbons (Fsp3) is 0.316. The van der Waals surface area contributed by atoms with Crippen LogP contribution in [0.1, 0.15) is 19.1 Å². The quantitative estimate of drug-likeness (QED) is 0.705. The minimum atomic E-state index is -0.772. The predicted molar refractivity (Wildman–Crippen MR) is 93.3 cm³/mol. The number of hydrogen-bond donors (Lipinski definition) is 1. The second-order valence-corrected chi connectivity index (χ2v) is 6.08. The number of benzene rings is 1. The minimum absolute atomic E-state index is 0.216. The predicted octanol–water partition coefficient (Wildman–Crippen LogP) is 1.46. The van der Waals surface area contributed by atoms with Crippen molar-refractivity contribution in [2.45, 2.75) is 31.8 Å². The van der Waals surface area contributed by atoms with Crippen LogP contribution in [0.25, 0.3) is 0 Å². The van der Waals surface area contributed by atoms with Gasteiger partial charge in [0.15, 0.2) is 6.61 Å². The van der Waals surface area contributed by atoms with Gasteiger partial charge in [0.1, 0.15) is 23.6 Å². The number of hydrogen-bond acceptors (Lipinski definition) is 6. The number of nitrogens with zero attached hydrogens (tertiary/aromatic N) is 1. The Kier molecular flexibility index (Phi) is 5.75. The Morgan fingerprint density at radius 3 is 2.63 bits per heavy atom. The van der Waals surface area contributed by atoms with Crippen molar-refractivity contribution in [2.75, 3.05) is 6.61 Å². The fourth-order valence-electron chi connectivity index (χ4n) is 2.84. The van der Waals surface area contributed by atoms with Gasteiger partial charge in [-0.15, -0.1) is 0 Å². The number of furan rings is 1. The Morgan fingerprint density at radius 1 is 1.19 bits per heavy atom. The highest BCUT2D eigenvalue weighted by atomic mass is 16.7. The van der Waals surface area contributed by atoms with Crippen molar-refractivity contribution in [1.29, 1.82) is 0 Å². The monoisotopic (exact) mass is 372 g/mol. The molecule has 2 aromatic rings. The van der Waals surface area contributed by atoms with Crippen molar-refractivity contribution >= 4 is 17.8 Å². The highest BCUT2D eigenvalue weighted by Crippen LogP contribution is 2.25. The van der Waals surface area contributed by atoms with Crippen LogP contribution in [0.4, 0.5) is 0 Å². The van der Waals surface area contributed by atoms with Gasteiger partial charge in [-0.05, 0) is 30.7 Å². The van der Waals surface area contributed by atoms with E-state index in [-0.39, 0.29) is 6.61 Å². The van der Waals surface area contributed by atoms with E-state index in [4.69, 9.17) is 14.0 Å². The number of ether oxygens (including phenoxy) is 1. The summed E-state index contributed by atoms with van der Waals surface area (Å²) in [5.41, 5.74) is 0. The lowest BCUT2D eigenvalue weighted by Gasteiger charge is -2.44. The van der Waals surface area contributed by atoms with E-state index >= 15 is 0 Å². The molecule has 2 unspecified atom stereocenters. The zero-order valence-corrected chi connectivity index (χ0v) is 14.8. The van der Waals surface area contributed by atoms with E-state index in [1.54, 1.807) is 36.6 Å². The van der Waals surface area contributed by atoms with E-state index in [2.05, 4.69) is 5.32 Å². The molecule has 1 N–H and O–H groups in total. The first-order chi connectivity index (χ1) is 13.0. The molecule has 1 fully saturated rings. The van der Waals surface area contributed by atoms with Gasteiger partial charge in [-0.2, -0.15) is 5.06 Å². The summed E-state index contributed by atoms with van der Waals surface area (Å²) in [6.07, 6.45) is 2.57. The summed E-state index contributed by atoms with van der Waals surface area (Å²) in [7, 11) is 0. The molecule has 2 heterocycles. The van der Waals surface area contributed by atoms with Crippen LogP contribution in [-0.2, 0) is 25.6 Å².